The molecule has 0 spiro atoms. The van der Waals surface area contributed by atoms with Gasteiger partial charge in [-0.05, 0) is 55.5 Å². The highest BCUT2D eigenvalue weighted by atomic mass is 32.2. The Morgan fingerprint density at radius 3 is 2.20 bits per heavy atom. The number of nitrogens with one attached hydrogen (secondary N) is 2. The van der Waals surface area contributed by atoms with Crippen LogP contribution in [0.5, 0.6) is 11.5 Å². The van der Waals surface area contributed by atoms with Crippen LogP contribution in [0.25, 0.3) is 0 Å². The fraction of sp³-hybridized carbons (Fsp3) is 0.136. The molecule has 156 valence electrons. The largest absolute Gasteiger partial charge is 0.495 e. The number of carbonyl (C=O) groups excluding carboxylic acids is 1. The molecular weight excluding hydrogens is 404 g/mol. The SMILES string of the molecule is COc1ccccc1NS(=O)(=O)c1ccc(NC(=O)[C@H](C)Oc2ccccc2)cc1. The number of anilines is 2. The van der Waals surface area contributed by atoms with Crippen molar-refractivity contribution in [3.8, 4) is 11.5 Å². The van der Waals surface area contributed by atoms with Gasteiger partial charge in [0.05, 0.1) is 17.7 Å². The van der Waals surface area contributed by atoms with Crippen molar-refractivity contribution in [2.24, 2.45) is 0 Å². The van der Waals surface area contributed by atoms with E-state index in [1.807, 2.05) is 18.2 Å². The van der Waals surface area contributed by atoms with Gasteiger partial charge in [0.25, 0.3) is 15.9 Å². The molecule has 3 aromatic carbocycles. The molecule has 3 rings (SSSR count). The maximum Gasteiger partial charge on any atom is 0.265 e. The summed E-state index contributed by atoms with van der Waals surface area (Å²) in [5, 5.41) is 2.71. The molecule has 30 heavy (non-hydrogen) atoms. The molecule has 0 saturated heterocycles. The summed E-state index contributed by atoms with van der Waals surface area (Å²) in [5.41, 5.74) is 0.795. The summed E-state index contributed by atoms with van der Waals surface area (Å²) < 4.78 is 38.5. The van der Waals surface area contributed by atoms with E-state index in [1.54, 1.807) is 43.3 Å². The fourth-order valence-corrected chi connectivity index (χ4v) is 3.72. The maximum absolute atomic E-state index is 12.6. The number of ether oxygens (including phenoxy) is 2. The van der Waals surface area contributed by atoms with Gasteiger partial charge in [-0.3, -0.25) is 9.52 Å². The lowest BCUT2D eigenvalue weighted by Crippen LogP contribution is -2.30. The molecule has 0 aliphatic carbocycles. The van der Waals surface area contributed by atoms with Gasteiger partial charge in [0.2, 0.25) is 0 Å². The molecule has 0 saturated carbocycles. The lowest BCUT2D eigenvalue weighted by atomic mass is 10.3. The Morgan fingerprint density at radius 2 is 1.53 bits per heavy atom. The minimum absolute atomic E-state index is 0.0555. The lowest BCUT2D eigenvalue weighted by molar-refractivity contribution is -0.122. The summed E-state index contributed by atoms with van der Waals surface area (Å²) in [6, 6.07) is 21.6. The van der Waals surface area contributed by atoms with Gasteiger partial charge >= 0.3 is 0 Å². The lowest BCUT2D eigenvalue weighted by Gasteiger charge is -2.15. The number of benzene rings is 3. The van der Waals surface area contributed by atoms with Crippen LogP contribution in [0.2, 0.25) is 0 Å². The highest BCUT2D eigenvalue weighted by Crippen LogP contribution is 2.26. The van der Waals surface area contributed by atoms with Crippen LogP contribution < -0.4 is 19.5 Å². The molecule has 0 aliphatic rings. The molecule has 2 N–H and O–H groups in total. The summed E-state index contributed by atoms with van der Waals surface area (Å²) in [7, 11) is -2.35. The van der Waals surface area contributed by atoms with Crippen molar-refractivity contribution in [3.05, 3.63) is 78.9 Å². The van der Waals surface area contributed by atoms with Crippen molar-refractivity contribution < 1.29 is 22.7 Å². The molecule has 3 aromatic rings. The van der Waals surface area contributed by atoms with Crippen LogP contribution in [0.4, 0.5) is 11.4 Å². The Balaban J connectivity index is 1.66. The number of methoxy groups -OCH3 is 1. The third kappa shape index (κ3) is 5.30. The molecule has 8 heteroatoms. The van der Waals surface area contributed by atoms with Gasteiger partial charge in [0, 0.05) is 5.69 Å². The number of hydrogen-bond donors (Lipinski definition) is 2. The van der Waals surface area contributed by atoms with Crippen LogP contribution in [0, 0.1) is 0 Å². The molecule has 1 amide bonds. The predicted molar refractivity (Wildman–Crippen MR) is 115 cm³/mol. The molecule has 0 bridgehead atoms. The monoisotopic (exact) mass is 426 g/mol. The summed E-state index contributed by atoms with van der Waals surface area (Å²) in [6.07, 6.45) is -0.719. The number of carbonyl (C=O) groups is 1. The molecule has 0 unspecified atom stereocenters. The fourth-order valence-electron chi connectivity index (χ4n) is 2.65. The maximum atomic E-state index is 12.6. The second-order valence-electron chi connectivity index (χ2n) is 6.39. The second-order valence-corrected chi connectivity index (χ2v) is 8.07. The zero-order valence-corrected chi connectivity index (χ0v) is 17.3. The van der Waals surface area contributed by atoms with Crippen molar-refractivity contribution in [1.82, 2.24) is 0 Å². The highest BCUT2D eigenvalue weighted by molar-refractivity contribution is 7.92. The first-order valence-corrected chi connectivity index (χ1v) is 10.7. The number of amides is 1. The summed E-state index contributed by atoms with van der Waals surface area (Å²) in [6.45, 7) is 1.64. The number of rotatable bonds is 8. The Kier molecular flexibility index (Phi) is 6.58. The van der Waals surface area contributed by atoms with Crippen LogP contribution >= 0.6 is 0 Å². The van der Waals surface area contributed by atoms with E-state index in [4.69, 9.17) is 9.47 Å². The predicted octanol–water partition coefficient (Wildman–Crippen LogP) is 3.90. The highest BCUT2D eigenvalue weighted by Gasteiger charge is 2.18. The van der Waals surface area contributed by atoms with Crippen LogP contribution in [0.15, 0.2) is 83.8 Å². The first-order valence-electron chi connectivity index (χ1n) is 9.17. The molecule has 1 atom stereocenters. The van der Waals surface area contributed by atoms with E-state index in [0.717, 1.165) is 0 Å². The quantitative estimate of drug-likeness (QED) is 0.570. The first-order chi connectivity index (χ1) is 14.4. The van der Waals surface area contributed by atoms with E-state index >= 15 is 0 Å². The van der Waals surface area contributed by atoms with Crippen molar-refractivity contribution in [1.29, 1.82) is 0 Å². The standard InChI is InChI=1S/C22H22N2O5S/c1-16(29-18-8-4-3-5-9-18)22(25)23-17-12-14-19(15-13-17)30(26,27)24-20-10-6-7-11-21(20)28-2/h3-16,24H,1-2H3,(H,23,25)/t16-/m0/s1. The van der Waals surface area contributed by atoms with Gasteiger partial charge in [-0.25, -0.2) is 8.42 Å². The van der Waals surface area contributed by atoms with Gasteiger partial charge in [-0.2, -0.15) is 0 Å². The topological polar surface area (TPSA) is 93.7 Å². The number of sulfonamides is 1. The minimum atomic E-state index is -3.82. The molecule has 0 fully saturated rings. The number of para-hydroxylation sites is 3. The third-order valence-electron chi connectivity index (χ3n) is 4.21. The molecule has 0 heterocycles. The normalized spacial score (nSPS) is 11.9. The summed E-state index contributed by atoms with van der Waals surface area (Å²) in [5.74, 6) is 0.656. The second kappa shape index (κ2) is 9.32. The zero-order chi connectivity index (χ0) is 21.6. The average molecular weight is 426 g/mol. The third-order valence-corrected chi connectivity index (χ3v) is 5.59. The van der Waals surface area contributed by atoms with E-state index in [9.17, 15) is 13.2 Å². The van der Waals surface area contributed by atoms with Crippen molar-refractivity contribution in [3.63, 3.8) is 0 Å². The Bertz CT molecular complexity index is 1100. The summed E-state index contributed by atoms with van der Waals surface area (Å²) >= 11 is 0. The Labute approximate surface area is 175 Å². The molecule has 0 aromatic heterocycles. The van der Waals surface area contributed by atoms with E-state index < -0.39 is 16.1 Å². The van der Waals surface area contributed by atoms with Gasteiger partial charge in [0.1, 0.15) is 11.5 Å². The average Bonchev–Trinajstić information content (AvgIpc) is 2.75. The van der Waals surface area contributed by atoms with Crippen molar-refractivity contribution in [2.45, 2.75) is 17.9 Å². The first kappa shape index (κ1) is 21.2. The van der Waals surface area contributed by atoms with E-state index in [-0.39, 0.29) is 10.8 Å². The van der Waals surface area contributed by atoms with Crippen LogP contribution in [-0.2, 0) is 14.8 Å². The summed E-state index contributed by atoms with van der Waals surface area (Å²) in [4.78, 5) is 12.4. The van der Waals surface area contributed by atoms with Gasteiger partial charge < -0.3 is 14.8 Å². The van der Waals surface area contributed by atoms with E-state index in [1.165, 1.54) is 31.4 Å². The van der Waals surface area contributed by atoms with Crippen LogP contribution in [0.3, 0.4) is 0 Å². The van der Waals surface area contributed by atoms with Crippen LogP contribution in [-0.4, -0.2) is 27.5 Å². The molecule has 7 nitrogen and oxygen atoms in total. The van der Waals surface area contributed by atoms with Crippen LogP contribution in [0.1, 0.15) is 6.92 Å². The van der Waals surface area contributed by atoms with E-state index in [0.29, 0.717) is 22.9 Å². The smallest absolute Gasteiger partial charge is 0.265 e. The van der Waals surface area contributed by atoms with Gasteiger partial charge in [-0.1, -0.05) is 30.3 Å². The zero-order valence-electron chi connectivity index (χ0n) is 16.5. The van der Waals surface area contributed by atoms with Gasteiger partial charge in [-0.15, -0.1) is 0 Å². The molecule has 0 radical (unpaired) electrons. The van der Waals surface area contributed by atoms with Crippen molar-refractivity contribution in [2.75, 3.05) is 17.1 Å². The van der Waals surface area contributed by atoms with Gasteiger partial charge in [0.15, 0.2) is 6.10 Å². The minimum Gasteiger partial charge on any atom is -0.495 e. The molecular formula is C22H22N2O5S. The van der Waals surface area contributed by atoms with E-state index in [2.05, 4.69) is 10.0 Å². The Morgan fingerprint density at radius 1 is 0.900 bits per heavy atom. The Hall–Kier alpha value is -3.52. The number of hydrogen-bond acceptors (Lipinski definition) is 5. The van der Waals surface area contributed by atoms with Crippen molar-refractivity contribution >= 4 is 27.3 Å². The molecule has 0 aliphatic heterocycles.